The standard InChI is InChI=1S/C13H27NS/c1-12(2)11-14(9-5-6-10-15)13-7-3-4-8-13/h12-13,15H,3-11H2,1-2H3. The zero-order valence-corrected chi connectivity index (χ0v) is 11.3. The van der Waals surface area contributed by atoms with E-state index in [1.54, 1.807) is 0 Å². The molecule has 2 heteroatoms. The number of thiol groups is 1. The van der Waals surface area contributed by atoms with Gasteiger partial charge in [-0.2, -0.15) is 12.6 Å². The largest absolute Gasteiger partial charge is 0.300 e. The van der Waals surface area contributed by atoms with E-state index in [4.69, 9.17) is 0 Å². The van der Waals surface area contributed by atoms with Gasteiger partial charge in [-0.1, -0.05) is 26.7 Å². The van der Waals surface area contributed by atoms with Crippen LogP contribution in [0.5, 0.6) is 0 Å². The summed E-state index contributed by atoms with van der Waals surface area (Å²) in [6.07, 6.45) is 8.37. The van der Waals surface area contributed by atoms with Gasteiger partial charge in [-0.15, -0.1) is 0 Å². The van der Waals surface area contributed by atoms with Gasteiger partial charge in [-0.05, 0) is 43.9 Å². The molecular formula is C13H27NS. The summed E-state index contributed by atoms with van der Waals surface area (Å²) in [5.41, 5.74) is 0. The lowest BCUT2D eigenvalue weighted by Gasteiger charge is -2.30. The molecule has 0 aromatic carbocycles. The van der Waals surface area contributed by atoms with Crippen molar-refractivity contribution in [3.63, 3.8) is 0 Å². The molecular weight excluding hydrogens is 202 g/mol. The van der Waals surface area contributed by atoms with Crippen LogP contribution in [0.3, 0.4) is 0 Å². The Labute approximate surface area is 101 Å². The highest BCUT2D eigenvalue weighted by atomic mass is 32.1. The van der Waals surface area contributed by atoms with Crippen molar-refractivity contribution in [3.05, 3.63) is 0 Å². The molecule has 1 aliphatic rings. The van der Waals surface area contributed by atoms with E-state index in [0.29, 0.717) is 0 Å². The second kappa shape index (κ2) is 7.56. The molecule has 0 bridgehead atoms. The molecule has 0 spiro atoms. The predicted octanol–water partition coefficient (Wildman–Crippen LogP) is 3.60. The van der Waals surface area contributed by atoms with Gasteiger partial charge in [0.2, 0.25) is 0 Å². The SMILES string of the molecule is CC(C)CN(CCCCS)C1CCCC1. The second-order valence-corrected chi connectivity index (χ2v) is 5.70. The van der Waals surface area contributed by atoms with Gasteiger partial charge in [0.25, 0.3) is 0 Å². The summed E-state index contributed by atoms with van der Waals surface area (Å²) in [6, 6.07) is 0.896. The highest BCUT2D eigenvalue weighted by Crippen LogP contribution is 2.24. The molecule has 1 aliphatic carbocycles. The van der Waals surface area contributed by atoms with Crippen molar-refractivity contribution in [2.24, 2.45) is 5.92 Å². The van der Waals surface area contributed by atoms with Crippen LogP contribution in [0.1, 0.15) is 52.4 Å². The molecule has 0 atom stereocenters. The average molecular weight is 229 g/mol. The number of hydrogen-bond donors (Lipinski definition) is 1. The van der Waals surface area contributed by atoms with Crippen LogP contribution in [-0.2, 0) is 0 Å². The lowest BCUT2D eigenvalue weighted by molar-refractivity contribution is 0.175. The third-order valence-corrected chi connectivity index (χ3v) is 3.61. The van der Waals surface area contributed by atoms with Crippen LogP contribution in [0, 0.1) is 5.92 Å². The smallest absolute Gasteiger partial charge is 0.00953 e. The van der Waals surface area contributed by atoms with E-state index in [9.17, 15) is 0 Å². The molecule has 0 aliphatic heterocycles. The summed E-state index contributed by atoms with van der Waals surface area (Å²) in [5.74, 6) is 1.85. The monoisotopic (exact) mass is 229 g/mol. The molecule has 0 aromatic heterocycles. The minimum absolute atomic E-state index is 0.807. The maximum Gasteiger partial charge on any atom is 0.00953 e. The van der Waals surface area contributed by atoms with E-state index in [0.717, 1.165) is 17.7 Å². The minimum atomic E-state index is 0.807. The molecule has 90 valence electrons. The number of unbranched alkanes of at least 4 members (excludes halogenated alkanes) is 1. The van der Waals surface area contributed by atoms with Crippen LogP contribution in [-0.4, -0.2) is 29.8 Å². The Hall–Kier alpha value is 0.310. The molecule has 1 fully saturated rings. The lowest BCUT2D eigenvalue weighted by atomic mass is 10.1. The molecule has 1 nitrogen and oxygen atoms in total. The van der Waals surface area contributed by atoms with Crippen molar-refractivity contribution in [3.8, 4) is 0 Å². The first-order valence-corrected chi connectivity index (χ1v) is 7.22. The fraction of sp³-hybridized carbons (Fsp3) is 1.00. The zero-order valence-electron chi connectivity index (χ0n) is 10.4. The Morgan fingerprint density at radius 2 is 1.87 bits per heavy atom. The van der Waals surface area contributed by atoms with Crippen LogP contribution in [0.4, 0.5) is 0 Å². The van der Waals surface area contributed by atoms with Gasteiger partial charge in [0.15, 0.2) is 0 Å². The molecule has 15 heavy (non-hydrogen) atoms. The Balaban J connectivity index is 2.30. The first-order valence-electron chi connectivity index (χ1n) is 6.59. The molecule has 0 unspecified atom stereocenters. The fourth-order valence-corrected chi connectivity index (χ4v) is 2.81. The Morgan fingerprint density at radius 3 is 2.40 bits per heavy atom. The molecule has 1 rings (SSSR count). The fourth-order valence-electron chi connectivity index (χ4n) is 2.59. The van der Waals surface area contributed by atoms with E-state index in [-0.39, 0.29) is 0 Å². The van der Waals surface area contributed by atoms with Gasteiger partial charge in [0, 0.05) is 12.6 Å². The summed E-state index contributed by atoms with van der Waals surface area (Å²) in [6.45, 7) is 7.25. The molecule has 0 amide bonds. The lowest BCUT2D eigenvalue weighted by Crippen LogP contribution is -2.37. The third-order valence-electron chi connectivity index (χ3n) is 3.29. The summed E-state index contributed by atoms with van der Waals surface area (Å²) >= 11 is 4.28. The van der Waals surface area contributed by atoms with Gasteiger partial charge in [0.1, 0.15) is 0 Å². The second-order valence-electron chi connectivity index (χ2n) is 5.26. The molecule has 0 saturated heterocycles. The van der Waals surface area contributed by atoms with Crippen LogP contribution in [0.2, 0.25) is 0 Å². The topological polar surface area (TPSA) is 3.24 Å². The normalized spacial score (nSPS) is 18.2. The van der Waals surface area contributed by atoms with Crippen LogP contribution in [0.15, 0.2) is 0 Å². The molecule has 0 radical (unpaired) electrons. The van der Waals surface area contributed by atoms with Gasteiger partial charge in [-0.3, -0.25) is 0 Å². The summed E-state index contributed by atoms with van der Waals surface area (Å²) in [7, 11) is 0. The Kier molecular flexibility index (Phi) is 6.74. The molecule has 0 heterocycles. The number of nitrogens with zero attached hydrogens (tertiary/aromatic N) is 1. The van der Waals surface area contributed by atoms with Crippen molar-refractivity contribution in [1.29, 1.82) is 0 Å². The first kappa shape index (κ1) is 13.4. The Bertz CT molecular complexity index is 153. The van der Waals surface area contributed by atoms with Crippen LogP contribution >= 0.6 is 12.6 Å². The van der Waals surface area contributed by atoms with E-state index < -0.39 is 0 Å². The van der Waals surface area contributed by atoms with E-state index in [2.05, 4.69) is 31.4 Å². The predicted molar refractivity (Wildman–Crippen MR) is 71.8 cm³/mol. The van der Waals surface area contributed by atoms with Gasteiger partial charge in [0.05, 0.1) is 0 Å². The van der Waals surface area contributed by atoms with E-state index in [1.807, 2.05) is 0 Å². The summed E-state index contributed by atoms with van der Waals surface area (Å²) in [5, 5.41) is 0. The third kappa shape index (κ3) is 5.26. The maximum absolute atomic E-state index is 4.28. The van der Waals surface area contributed by atoms with Gasteiger partial charge < -0.3 is 4.90 Å². The van der Waals surface area contributed by atoms with Crippen molar-refractivity contribution in [2.75, 3.05) is 18.8 Å². The van der Waals surface area contributed by atoms with Crippen LogP contribution < -0.4 is 0 Å². The average Bonchev–Trinajstić information content (AvgIpc) is 2.68. The highest BCUT2D eigenvalue weighted by Gasteiger charge is 2.22. The van der Waals surface area contributed by atoms with Crippen molar-refractivity contribution < 1.29 is 0 Å². The summed E-state index contributed by atoms with van der Waals surface area (Å²) in [4.78, 5) is 2.74. The molecule has 0 N–H and O–H groups in total. The van der Waals surface area contributed by atoms with Gasteiger partial charge in [-0.25, -0.2) is 0 Å². The quantitative estimate of drug-likeness (QED) is 0.516. The van der Waals surface area contributed by atoms with Gasteiger partial charge >= 0.3 is 0 Å². The highest BCUT2D eigenvalue weighted by molar-refractivity contribution is 7.80. The minimum Gasteiger partial charge on any atom is -0.300 e. The molecule has 1 saturated carbocycles. The maximum atomic E-state index is 4.28. The summed E-state index contributed by atoms with van der Waals surface area (Å²) < 4.78 is 0. The van der Waals surface area contributed by atoms with Crippen molar-refractivity contribution in [1.82, 2.24) is 4.90 Å². The Morgan fingerprint density at radius 1 is 1.20 bits per heavy atom. The van der Waals surface area contributed by atoms with E-state index >= 15 is 0 Å². The number of rotatable bonds is 7. The van der Waals surface area contributed by atoms with Crippen molar-refractivity contribution >= 4 is 12.6 Å². The van der Waals surface area contributed by atoms with Crippen LogP contribution in [0.25, 0.3) is 0 Å². The number of hydrogen-bond acceptors (Lipinski definition) is 2. The van der Waals surface area contributed by atoms with Crippen molar-refractivity contribution in [2.45, 2.75) is 58.4 Å². The first-order chi connectivity index (χ1) is 7.24. The molecule has 0 aromatic rings. The van der Waals surface area contributed by atoms with E-state index in [1.165, 1.54) is 51.6 Å². The zero-order chi connectivity index (χ0) is 11.1.